The molecule has 144 valence electrons. The number of esters is 1. The van der Waals surface area contributed by atoms with E-state index in [-0.39, 0.29) is 18.1 Å². The third kappa shape index (κ3) is 1.77. The third-order valence-corrected chi connectivity index (χ3v) is 7.72. The summed E-state index contributed by atoms with van der Waals surface area (Å²) in [5, 5.41) is 43.3. The first-order valence-electron chi connectivity index (χ1n) is 9.12. The van der Waals surface area contributed by atoms with E-state index < -0.39 is 58.7 Å². The van der Waals surface area contributed by atoms with Crippen LogP contribution in [-0.4, -0.2) is 62.2 Å². The molecule has 1 saturated heterocycles. The van der Waals surface area contributed by atoms with Crippen LogP contribution in [0.5, 0.6) is 0 Å². The van der Waals surface area contributed by atoms with Gasteiger partial charge in [0.25, 0.3) is 0 Å². The fourth-order valence-corrected chi connectivity index (χ4v) is 6.63. The van der Waals surface area contributed by atoms with Crippen molar-refractivity contribution in [1.29, 1.82) is 0 Å². The predicted octanol–water partition coefficient (Wildman–Crippen LogP) is -0.447. The summed E-state index contributed by atoms with van der Waals surface area (Å²) in [6.07, 6.45) is -3.26. The Morgan fingerprint density at radius 2 is 1.73 bits per heavy atom. The number of hydrogen-bond acceptors (Lipinski definition) is 7. The molecule has 4 aliphatic rings. The van der Waals surface area contributed by atoms with Gasteiger partial charge < -0.3 is 25.2 Å². The number of carbonyl (C=O) groups excluding carboxylic acids is 2. The van der Waals surface area contributed by atoms with Crippen LogP contribution < -0.4 is 0 Å². The van der Waals surface area contributed by atoms with Gasteiger partial charge in [0.2, 0.25) is 0 Å². The largest absolute Gasteiger partial charge is 0.459 e. The molecule has 3 fully saturated rings. The maximum atomic E-state index is 13.2. The standard InChI is InChI=1S/C19H26O7/c1-7-11-16(24)26-13(7)12(22)14-18(3)9(5-10(21)19(11,14)4)17(2,25)6-8(20)15(18)23/h5,7-8,11-15,20,22-23,25H,6H2,1-4H3/t7-,8+,11-,12+,13-,14?,15-,17+,18+,19+/m1/s1. The van der Waals surface area contributed by atoms with E-state index in [0.29, 0.717) is 5.57 Å². The second-order valence-corrected chi connectivity index (χ2v) is 9.18. The summed E-state index contributed by atoms with van der Waals surface area (Å²) in [7, 11) is 0. The average Bonchev–Trinajstić information content (AvgIpc) is 2.77. The van der Waals surface area contributed by atoms with Gasteiger partial charge in [0, 0.05) is 23.7 Å². The molecular weight excluding hydrogens is 340 g/mol. The highest BCUT2D eigenvalue weighted by atomic mass is 16.6. The molecule has 7 nitrogen and oxygen atoms in total. The fourth-order valence-electron chi connectivity index (χ4n) is 6.63. The molecule has 26 heavy (non-hydrogen) atoms. The summed E-state index contributed by atoms with van der Waals surface area (Å²) in [4.78, 5) is 25.7. The lowest BCUT2D eigenvalue weighted by Gasteiger charge is -2.62. The molecule has 2 bridgehead atoms. The van der Waals surface area contributed by atoms with Crippen molar-refractivity contribution in [3.63, 3.8) is 0 Å². The Bertz CT molecular complexity index is 727. The van der Waals surface area contributed by atoms with Crippen LogP contribution >= 0.6 is 0 Å². The Hall–Kier alpha value is -1.28. The summed E-state index contributed by atoms with van der Waals surface area (Å²) >= 11 is 0. The highest BCUT2D eigenvalue weighted by molar-refractivity contribution is 6.01. The van der Waals surface area contributed by atoms with Crippen LogP contribution in [0.3, 0.4) is 0 Å². The number of carbonyl (C=O) groups is 2. The van der Waals surface area contributed by atoms with Gasteiger partial charge in [-0.2, -0.15) is 0 Å². The van der Waals surface area contributed by atoms with Gasteiger partial charge in [-0.1, -0.05) is 20.8 Å². The summed E-state index contributed by atoms with van der Waals surface area (Å²) in [6.45, 7) is 6.56. The van der Waals surface area contributed by atoms with Crippen LogP contribution in [0.15, 0.2) is 11.6 Å². The van der Waals surface area contributed by atoms with Gasteiger partial charge in [0.05, 0.1) is 35.2 Å². The molecule has 2 saturated carbocycles. The lowest BCUT2D eigenvalue weighted by atomic mass is 9.41. The van der Waals surface area contributed by atoms with Gasteiger partial charge in [-0.3, -0.25) is 9.59 Å². The van der Waals surface area contributed by atoms with E-state index in [2.05, 4.69) is 0 Å². The second-order valence-electron chi connectivity index (χ2n) is 9.18. The second kappa shape index (κ2) is 4.95. The SMILES string of the molecule is C[C@H]1[C@H]2OC(=O)[C@@H]1[C@]1(C)C(=O)C=C3[C@@](C)(O)C[C@H](O)[C@@H](O)[C@]3(C)C1[C@H]2O. The molecule has 0 spiro atoms. The molecule has 0 aromatic heterocycles. The molecule has 1 heterocycles. The molecule has 10 atom stereocenters. The Morgan fingerprint density at radius 3 is 2.35 bits per heavy atom. The molecule has 3 aliphatic carbocycles. The zero-order valence-corrected chi connectivity index (χ0v) is 15.3. The number of ketones is 1. The van der Waals surface area contributed by atoms with Crippen molar-refractivity contribution >= 4 is 11.8 Å². The smallest absolute Gasteiger partial charge is 0.310 e. The number of hydrogen-bond donors (Lipinski definition) is 4. The van der Waals surface area contributed by atoms with Crippen molar-refractivity contribution in [2.75, 3.05) is 0 Å². The van der Waals surface area contributed by atoms with E-state index in [0.717, 1.165) is 0 Å². The van der Waals surface area contributed by atoms with Crippen LogP contribution in [0.1, 0.15) is 34.1 Å². The Morgan fingerprint density at radius 1 is 1.12 bits per heavy atom. The number of ether oxygens (including phenoxy) is 1. The first-order valence-corrected chi connectivity index (χ1v) is 9.12. The third-order valence-electron chi connectivity index (χ3n) is 7.72. The molecule has 0 amide bonds. The maximum absolute atomic E-state index is 13.2. The first kappa shape index (κ1) is 18.1. The van der Waals surface area contributed by atoms with Gasteiger partial charge >= 0.3 is 5.97 Å². The van der Waals surface area contributed by atoms with E-state index in [1.165, 1.54) is 13.0 Å². The van der Waals surface area contributed by atoms with Crippen LogP contribution in [0.2, 0.25) is 0 Å². The van der Waals surface area contributed by atoms with Crippen molar-refractivity contribution in [3.8, 4) is 0 Å². The molecular formula is C19H26O7. The molecule has 1 unspecified atom stereocenters. The number of fused-ring (bicyclic) bond motifs is 6. The highest BCUT2D eigenvalue weighted by Crippen LogP contribution is 2.66. The summed E-state index contributed by atoms with van der Waals surface area (Å²) in [5.74, 6) is -2.81. The van der Waals surface area contributed by atoms with Crippen molar-refractivity contribution in [2.45, 2.75) is 64.1 Å². The fraction of sp³-hybridized carbons (Fsp3) is 0.789. The molecule has 1 aliphatic heterocycles. The molecule has 4 N–H and O–H groups in total. The van der Waals surface area contributed by atoms with Gasteiger partial charge in [-0.25, -0.2) is 0 Å². The van der Waals surface area contributed by atoms with Crippen LogP contribution in [0, 0.1) is 28.6 Å². The van der Waals surface area contributed by atoms with E-state index in [1.54, 1.807) is 20.8 Å². The number of aliphatic hydroxyl groups excluding tert-OH is 3. The van der Waals surface area contributed by atoms with E-state index in [4.69, 9.17) is 4.74 Å². The Labute approximate surface area is 151 Å². The summed E-state index contributed by atoms with van der Waals surface area (Å²) in [6, 6.07) is 0. The normalized spacial score (nSPS) is 58.6. The topological polar surface area (TPSA) is 124 Å². The predicted molar refractivity (Wildman–Crippen MR) is 88.6 cm³/mol. The van der Waals surface area contributed by atoms with Crippen molar-refractivity contribution in [1.82, 2.24) is 0 Å². The van der Waals surface area contributed by atoms with Gasteiger partial charge in [0.15, 0.2) is 5.78 Å². The van der Waals surface area contributed by atoms with Gasteiger partial charge in [-0.15, -0.1) is 0 Å². The maximum Gasteiger partial charge on any atom is 0.310 e. The number of aliphatic hydroxyl groups is 4. The quantitative estimate of drug-likeness (QED) is 0.428. The lowest BCUT2D eigenvalue weighted by Crippen LogP contribution is -2.70. The summed E-state index contributed by atoms with van der Waals surface area (Å²) in [5.41, 5.74) is -3.75. The average molecular weight is 366 g/mol. The molecule has 7 heteroatoms. The molecule has 0 aromatic carbocycles. The molecule has 0 aromatic rings. The molecule has 0 radical (unpaired) electrons. The van der Waals surface area contributed by atoms with Gasteiger partial charge in [-0.05, 0) is 18.6 Å². The monoisotopic (exact) mass is 366 g/mol. The zero-order chi connectivity index (χ0) is 19.4. The van der Waals surface area contributed by atoms with Crippen LogP contribution in [0.4, 0.5) is 0 Å². The lowest BCUT2D eigenvalue weighted by molar-refractivity contribution is -0.207. The number of rotatable bonds is 0. The van der Waals surface area contributed by atoms with Crippen molar-refractivity contribution in [3.05, 3.63) is 11.6 Å². The summed E-state index contributed by atoms with van der Waals surface area (Å²) < 4.78 is 5.38. The minimum atomic E-state index is -1.50. The van der Waals surface area contributed by atoms with Crippen molar-refractivity contribution in [2.24, 2.45) is 28.6 Å². The van der Waals surface area contributed by atoms with E-state index in [1.807, 2.05) is 0 Å². The minimum absolute atomic E-state index is 0.110. The first-order chi connectivity index (χ1) is 11.9. The van der Waals surface area contributed by atoms with Gasteiger partial charge in [0.1, 0.15) is 6.10 Å². The number of allylic oxidation sites excluding steroid dienone is 1. The van der Waals surface area contributed by atoms with Crippen molar-refractivity contribution < 1.29 is 34.8 Å². The van der Waals surface area contributed by atoms with E-state index in [9.17, 15) is 30.0 Å². The zero-order valence-electron chi connectivity index (χ0n) is 15.3. The molecule has 4 rings (SSSR count). The Balaban J connectivity index is 2.00. The highest BCUT2D eigenvalue weighted by Gasteiger charge is 2.74. The van der Waals surface area contributed by atoms with Crippen LogP contribution in [-0.2, 0) is 14.3 Å². The van der Waals surface area contributed by atoms with Crippen LogP contribution in [0.25, 0.3) is 0 Å². The van der Waals surface area contributed by atoms with E-state index >= 15 is 0 Å². The minimum Gasteiger partial charge on any atom is -0.459 e. The Kier molecular flexibility index (Phi) is 3.45.